The second-order valence-electron chi connectivity index (χ2n) is 6.09. The van der Waals surface area contributed by atoms with E-state index < -0.39 is 0 Å². The van der Waals surface area contributed by atoms with Crippen LogP contribution >= 0.6 is 0 Å². The molecule has 2 heterocycles. The van der Waals surface area contributed by atoms with Crippen molar-refractivity contribution in [2.75, 3.05) is 5.32 Å². The van der Waals surface area contributed by atoms with Crippen molar-refractivity contribution in [2.45, 2.75) is 12.8 Å². The Balaban J connectivity index is 1.46. The first-order valence-corrected chi connectivity index (χ1v) is 8.52. The number of H-pyrrole nitrogens is 1. The minimum absolute atomic E-state index is 0.0180. The fraction of sp³-hybridized carbons (Fsp3) is 0.0952. The van der Waals surface area contributed by atoms with Crippen LogP contribution in [0.2, 0.25) is 0 Å². The Bertz CT molecular complexity index is 1010. The molecular formula is C21H18N4O. The van der Waals surface area contributed by atoms with Crippen LogP contribution < -0.4 is 5.32 Å². The van der Waals surface area contributed by atoms with Gasteiger partial charge in [-0.3, -0.25) is 9.78 Å². The maximum absolute atomic E-state index is 12.2. The van der Waals surface area contributed by atoms with Gasteiger partial charge in [-0.1, -0.05) is 30.3 Å². The van der Waals surface area contributed by atoms with E-state index in [-0.39, 0.29) is 5.91 Å². The number of hydrogen-bond donors (Lipinski definition) is 2. The summed E-state index contributed by atoms with van der Waals surface area (Å²) < 4.78 is 0. The number of rotatable bonds is 5. The Kier molecular flexibility index (Phi) is 4.43. The third-order valence-corrected chi connectivity index (χ3v) is 4.17. The molecule has 4 rings (SSSR count). The molecule has 0 aliphatic carbocycles. The van der Waals surface area contributed by atoms with Gasteiger partial charge in [0.25, 0.3) is 0 Å². The molecule has 0 spiro atoms. The van der Waals surface area contributed by atoms with Crippen LogP contribution in [0.4, 0.5) is 5.69 Å². The molecule has 0 saturated heterocycles. The molecule has 0 unspecified atom stereocenters. The number of imidazole rings is 1. The van der Waals surface area contributed by atoms with Crippen LogP contribution in [0, 0.1) is 0 Å². The predicted octanol–water partition coefficient (Wildman–Crippen LogP) is 4.20. The maximum atomic E-state index is 12.2. The highest BCUT2D eigenvalue weighted by molar-refractivity contribution is 5.91. The highest BCUT2D eigenvalue weighted by Gasteiger charge is 2.07. The van der Waals surface area contributed by atoms with Crippen molar-refractivity contribution in [1.82, 2.24) is 15.0 Å². The molecule has 2 aromatic carbocycles. The number of aromatic nitrogens is 3. The van der Waals surface area contributed by atoms with Gasteiger partial charge in [-0.15, -0.1) is 0 Å². The van der Waals surface area contributed by atoms with E-state index in [1.807, 2.05) is 60.7 Å². The van der Waals surface area contributed by atoms with Crippen molar-refractivity contribution in [3.63, 3.8) is 0 Å². The van der Waals surface area contributed by atoms with Crippen molar-refractivity contribution >= 4 is 22.6 Å². The summed E-state index contributed by atoms with van der Waals surface area (Å²) in [5, 5.41) is 2.96. The third kappa shape index (κ3) is 3.62. The second kappa shape index (κ2) is 7.19. The van der Waals surface area contributed by atoms with Crippen LogP contribution in [0.25, 0.3) is 22.4 Å². The van der Waals surface area contributed by atoms with Gasteiger partial charge in [-0.2, -0.15) is 0 Å². The Morgan fingerprint density at radius 2 is 1.96 bits per heavy atom. The quantitative estimate of drug-likeness (QED) is 0.571. The number of carbonyl (C=O) groups excluding carboxylic acids is 1. The Labute approximate surface area is 151 Å². The predicted molar refractivity (Wildman–Crippen MR) is 103 cm³/mol. The number of anilines is 1. The van der Waals surface area contributed by atoms with Crippen LogP contribution in [-0.4, -0.2) is 20.9 Å². The first kappa shape index (κ1) is 16.0. The van der Waals surface area contributed by atoms with Crippen molar-refractivity contribution in [1.29, 1.82) is 0 Å². The molecular weight excluding hydrogens is 324 g/mol. The lowest BCUT2D eigenvalue weighted by Gasteiger charge is -2.06. The normalized spacial score (nSPS) is 10.8. The lowest BCUT2D eigenvalue weighted by atomic mass is 10.1. The number of amides is 1. The van der Waals surface area contributed by atoms with E-state index in [0.29, 0.717) is 12.8 Å². The molecule has 0 radical (unpaired) electrons. The molecule has 0 atom stereocenters. The number of aryl methyl sites for hydroxylation is 1. The molecule has 0 bridgehead atoms. The van der Waals surface area contributed by atoms with Crippen LogP contribution in [0.5, 0.6) is 0 Å². The minimum atomic E-state index is -0.0180. The molecule has 4 aromatic rings. The average molecular weight is 342 g/mol. The molecule has 0 aliphatic heterocycles. The number of hydrogen-bond acceptors (Lipinski definition) is 3. The van der Waals surface area contributed by atoms with Gasteiger partial charge >= 0.3 is 0 Å². The summed E-state index contributed by atoms with van der Waals surface area (Å²) in [6, 6.07) is 19.5. The van der Waals surface area contributed by atoms with Gasteiger partial charge in [0, 0.05) is 30.1 Å². The van der Waals surface area contributed by atoms with E-state index in [0.717, 1.165) is 33.7 Å². The van der Waals surface area contributed by atoms with Crippen molar-refractivity contribution in [3.05, 3.63) is 78.6 Å². The van der Waals surface area contributed by atoms with Crippen LogP contribution in [0.3, 0.4) is 0 Å². The molecule has 2 aromatic heterocycles. The summed E-state index contributed by atoms with van der Waals surface area (Å²) in [4.78, 5) is 24.2. The number of nitrogens with one attached hydrogen (secondary N) is 2. The van der Waals surface area contributed by atoms with Gasteiger partial charge in [0.2, 0.25) is 5.91 Å². The van der Waals surface area contributed by atoms with Crippen LogP contribution in [0.15, 0.2) is 73.1 Å². The molecule has 0 fully saturated rings. The van der Waals surface area contributed by atoms with Gasteiger partial charge in [0.05, 0.1) is 11.0 Å². The number of pyridine rings is 1. The lowest BCUT2D eigenvalue weighted by Crippen LogP contribution is -2.12. The topological polar surface area (TPSA) is 70.7 Å². The fourth-order valence-corrected chi connectivity index (χ4v) is 2.86. The van der Waals surface area contributed by atoms with Crippen molar-refractivity contribution in [2.24, 2.45) is 0 Å². The van der Waals surface area contributed by atoms with Gasteiger partial charge in [-0.25, -0.2) is 4.98 Å². The first-order chi connectivity index (χ1) is 12.8. The highest BCUT2D eigenvalue weighted by atomic mass is 16.1. The summed E-state index contributed by atoms with van der Waals surface area (Å²) in [6.45, 7) is 0. The number of benzene rings is 2. The van der Waals surface area contributed by atoms with E-state index in [4.69, 9.17) is 0 Å². The molecule has 26 heavy (non-hydrogen) atoms. The van der Waals surface area contributed by atoms with E-state index in [9.17, 15) is 4.79 Å². The number of aromatic amines is 1. The molecule has 128 valence electrons. The second-order valence-corrected chi connectivity index (χ2v) is 6.09. The molecule has 5 heteroatoms. The largest absolute Gasteiger partial charge is 0.338 e. The average Bonchev–Trinajstić information content (AvgIpc) is 3.12. The zero-order chi connectivity index (χ0) is 17.8. The first-order valence-electron chi connectivity index (χ1n) is 8.52. The van der Waals surface area contributed by atoms with E-state index in [2.05, 4.69) is 20.3 Å². The molecule has 2 N–H and O–H groups in total. The minimum Gasteiger partial charge on any atom is -0.338 e. The van der Waals surface area contributed by atoms with Crippen molar-refractivity contribution in [3.8, 4) is 11.4 Å². The zero-order valence-corrected chi connectivity index (χ0v) is 14.1. The smallest absolute Gasteiger partial charge is 0.224 e. The zero-order valence-electron chi connectivity index (χ0n) is 14.1. The molecule has 1 amide bonds. The van der Waals surface area contributed by atoms with Crippen molar-refractivity contribution < 1.29 is 4.79 Å². The van der Waals surface area contributed by atoms with Crippen LogP contribution in [-0.2, 0) is 11.2 Å². The summed E-state index contributed by atoms with van der Waals surface area (Å²) in [6.07, 6.45) is 4.60. The summed E-state index contributed by atoms with van der Waals surface area (Å²) in [5.41, 5.74) is 4.67. The fourth-order valence-electron chi connectivity index (χ4n) is 2.86. The Morgan fingerprint density at radius 1 is 1.04 bits per heavy atom. The maximum Gasteiger partial charge on any atom is 0.224 e. The van der Waals surface area contributed by atoms with Gasteiger partial charge in [0.15, 0.2) is 0 Å². The van der Waals surface area contributed by atoms with E-state index in [1.54, 1.807) is 12.4 Å². The van der Waals surface area contributed by atoms with Gasteiger partial charge < -0.3 is 10.3 Å². The number of fused-ring (bicyclic) bond motifs is 1. The van der Waals surface area contributed by atoms with E-state index in [1.165, 1.54) is 0 Å². The number of para-hydroxylation sites is 2. The Morgan fingerprint density at radius 3 is 2.81 bits per heavy atom. The molecule has 0 aliphatic rings. The molecule has 0 saturated carbocycles. The van der Waals surface area contributed by atoms with Gasteiger partial charge in [-0.05, 0) is 42.3 Å². The SMILES string of the molecule is O=C(CCc1cccnc1)Nc1cccc(-c2nc3ccccc3[nH]2)c1. The monoisotopic (exact) mass is 342 g/mol. The Hall–Kier alpha value is -3.47. The number of nitrogens with zero attached hydrogens (tertiary/aromatic N) is 2. The third-order valence-electron chi connectivity index (χ3n) is 4.17. The molecule has 5 nitrogen and oxygen atoms in total. The van der Waals surface area contributed by atoms with E-state index >= 15 is 0 Å². The van der Waals surface area contributed by atoms with Crippen LogP contribution in [0.1, 0.15) is 12.0 Å². The summed E-state index contributed by atoms with van der Waals surface area (Å²) in [7, 11) is 0. The lowest BCUT2D eigenvalue weighted by molar-refractivity contribution is -0.116. The summed E-state index contributed by atoms with van der Waals surface area (Å²) in [5.74, 6) is 0.772. The number of carbonyl (C=O) groups is 1. The summed E-state index contributed by atoms with van der Waals surface area (Å²) >= 11 is 0. The van der Waals surface area contributed by atoms with Gasteiger partial charge in [0.1, 0.15) is 5.82 Å². The standard InChI is InChI=1S/C21H18N4O/c26-20(11-10-15-5-4-12-22-14-15)23-17-7-3-6-16(13-17)21-24-18-8-1-2-9-19(18)25-21/h1-9,12-14H,10-11H2,(H,23,26)(H,24,25). The highest BCUT2D eigenvalue weighted by Crippen LogP contribution is 2.23.